The third-order valence-electron chi connectivity index (χ3n) is 3.43. The smallest absolute Gasteiger partial charge is 0.426 e. The average molecular weight is 453 g/mol. The summed E-state index contributed by atoms with van der Waals surface area (Å²) in [5, 5.41) is 0.178. The van der Waals surface area contributed by atoms with Crippen LogP contribution < -0.4 is 9.47 Å². The van der Waals surface area contributed by atoms with Crippen LogP contribution in [0.15, 0.2) is 42.5 Å². The average Bonchev–Trinajstić information content (AvgIpc) is 2.67. The second-order valence-corrected chi connectivity index (χ2v) is 7.58. The van der Waals surface area contributed by atoms with Gasteiger partial charge in [-0.05, 0) is 36.8 Å². The molecule has 2 aromatic carbocycles. The number of rotatable bonds is 9. The van der Waals surface area contributed by atoms with Crippen molar-refractivity contribution in [2.45, 2.75) is 20.5 Å². The Hall–Kier alpha value is -2.82. The molecule has 2 aromatic rings. The first-order chi connectivity index (χ1) is 14.3. The number of carbonyl (C=O) groups excluding carboxylic acids is 2. The molecule has 0 bridgehead atoms. The van der Waals surface area contributed by atoms with Crippen LogP contribution in [0, 0.1) is 12.5 Å². The molecule has 0 radical (unpaired) electrons. The van der Waals surface area contributed by atoms with Gasteiger partial charge in [-0.25, -0.2) is 9.36 Å². The molecule has 158 valence electrons. The van der Waals surface area contributed by atoms with Crippen LogP contribution in [-0.4, -0.2) is 18.5 Å². The highest BCUT2D eigenvalue weighted by Crippen LogP contribution is 2.50. The van der Waals surface area contributed by atoms with Crippen molar-refractivity contribution < 1.29 is 37.2 Å². The Balaban J connectivity index is 2.11. The highest BCUT2D eigenvalue weighted by atomic mass is 35.5. The number of phosphoric ester groups is 1. The molecule has 30 heavy (non-hydrogen) atoms. The predicted octanol–water partition coefficient (Wildman–Crippen LogP) is 4.75. The van der Waals surface area contributed by atoms with Crippen molar-refractivity contribution in [1.29, 1.82) is 0 Å². The Morgan fingerprint density at radius 3 is 2.50 bits per heavy atom. The Morgan fingerprint density at radius 2 is 1.87 bits per heavy atom. The molecule has 0 heterocycles. The number of carbonyl (C=O) groups is 2. The van der Waals surface area contributed by atoms with Gasteiger partial charge in [-0.3, -0.25) is 13.8 Å². The fraction of sp³-hybridized carbons (Fsp3) is 0.200. The first-order valence-corrected chi connectivity index (χ1v) is 10.4. The summed E-state index contributed by atoms with van der Waals surface area (Å²) >= 11 is 6.19. The maximum absolute atomic E-state index is 12.4. The minimum absolute atomic E-state index is 0.0659. The van der Waals surface area contributed by atoms with Crippen LogP contribution in [0.1, 0.15) is 29.8 Å². The van der Waals surface area contributed by atoms with Crippen LogP contribution in [0.3, 0.4) is 0 Å². The summed E-state index contributed by atoms with van der Waals surface area (Å²) in [6.07, 6.45) is 6.76. The van der Waals surface area contributed by atoms with E-state index in [1.807, 2.05) is 0 Å². The molecule has 1 unspecified atom stereocenters. The summed E-state index contributed by atoms with van der Waals surface area (Å²) in [6.45, 7) is 2.67. The second-order valence-electron chi connectivity index (χ2n) is 5.58. The molecule has 0 saturated carbocycles. The third-order valence-corrected chi connectivity index (χ3v) is 5.13. The fourth-order valence-corrected chi connectivity index (χ4v) is 3.36. The zero-order valence-electron chi connectivity index (χ0n) is 16.1. The number of halogens is 1. The van der Waals surface area contributed by atoms with Gasteiger partial charge in [0.25, 0.3) is 0 Å². The summed E-state index contributed by atoms with van der Waals surface area (Å²) < 4.78 is 37.2. The van der Waals surface area contributed by atoms with E-state index in [0.717, 1.165) is 0 Å². The molecule has 0 N–H and O–H groups in total. The van der Waals surface area contributed by atoms with Gasteiger partial charge >= 0.3 is 19.8 Å². The largest absolute Gasteiger partial charge is 0.538 e. The number of esters is 2. The summed E-state index contributed by atoms with van der Waals surface area (Å²) in [7, 11) is -3.92. The zero-order valence-corrected chi connectivity index (χ0v) is 17.8. The number of hydrogen-bond donors (Lipinski definition) is 0. The minimum atomic E-state index is -3.92. The molecule has 0 aromatic heterocycles. The molecule has 0 amide bonds. The van der Waals surface area contributed by atoms with Crippen molar-refractivity contribution in [3.05, 3.63) is 58.6 Å². The first kappa shape index (κ1) is 23.5. The van der Waals surface area contributed by atoms with Gasteiger partial charge in [0.2, 0.25) is 0 Å². The van der Waals surface area contributed by atoms with E-state index in [1.54, 1.807) is 25.2 Å². The van der Waals surface area contributed by atoms with Gasteiger partial charge < -0.3 is 14.0 Å². The maximum Gasteiger partial charge on any atom is 0.538 e. The van der Waals surface area contributed by atoms with Gasteiger partial charge in [0, 0.05) is 11.9 Å². The topological polar surface area (TPSA) is 97.4 Å². The fourth-order valence-electron chi connectivity index (χ4n) is 2.21. The third kappa shape index (κ3) is 6.61. The lowest BCUT2D eigenvalue weighted by molar-refractivity contribution is -0.131. The molecule has 1 atom stereocenters. The van der Waals surface area contributed by atoms with E-state index >= 15 is 0 Å². The van der Waals surface area contributed by atoms with Crippen LogP contribution in [0.4, 0.5) is 0 Å². The Bertz CT molecular complexity index is 1010. The minimum Gasteiger partial charge on any atom is -0.426 e. The molecule has 0 spiro atoms. The van der Waals surface area contributed by atoms with E-state index < -0.39 is 19.8 Å². The van der Waals surface area contributed by atoms with Crippen molar-refractivity contribution in [2.24, 2.45) is 0 Å². The van der Waals surface area contributed by atoms with Crippen molar-refractivity contribution in [1.82, 2.24) is 0 Å². The molecular weight excluding hydrogens is 435 g/mol. The SMILES string of the molecule is C#COP(=O)(OCC)OCc1ccc(OC(=O)c2ccccc2OC(C)=O)cc1Cl. The number of phosphoric acid groups is 1. The Kier molecular flexibility index (Phi) is 8.46. The molecule has 0 aliphatic carbocycles. The van der Waals surface area contributed by atoms with Crippen LogP contribution in [-0.2, 0) is 29.5 Å². The van der Waals surface area contributed by atoms with Crippen LogP contribution in [0.25, 0.3) is 0 Å². The Morgan fingerprint density at radius 1 is 1.13 bits per heavy atom. The van der Waals surface area contributed by atoms with E-state index in [1.165, 1.54) is 37.3 Å². The van der Waals surface area contributed by atoms with Gasteiger partial charge in [0.15, 0.2) is 0 Å². The van der Waals surface area contributed by atoms with E-state index in [2.05, 4.69) is 4.52 Å². The lowest BCUT2D eigenvalue weighted by atomic mass is 10.2. The molecule has 0 aliphatic heterocycles. The molecule has 8 nitrogen and oxygen atoms in total. The standard InChI is InChI=1S/C20H18ClO8P/c1-4-25-30(24,26-5-2)27-13-15-10-11-16(12-18(15)21)29-20(23)17-8-6-7-9-19(17)28-14(3)22/h1,6-12H,5,13H2,2-3H3. The van der Waals surface area contributed by atoms with Crippen molar-refractivity contribution >= 4 is 31.4 Å². The zero-order chi connectivity index (χ0) is 22.1. The molecule has 0 fully saturated rings. The monoisotopic (exact) mass is 452 g/mol. The van der Waals surface area contributed by atoms with Crippen LogP contribution in [0.2, 0.25) is 5.02 Å². The molecule has 2 rings (SSSR count). The summed E-state index contributed by atoms with van der Waals surface area (Å²) in [4.78, 5) is 23.6. The van der Waals surface area contributed by atoms with E-state index in [-0.39, 0.29) is 35.3 Å². The summed E-state index contributed by atoms with van der Waals surface area (Å²) in [6, 6.07) is 10.5. The maximum atomic E-state index is 12.4. The normalized spacial score (nSPS) is 12.3. The number of hydrogen-bond acceptors (Lipinski definition) is 8. The predicted molar refractivity (Wildman–Crippen MR) is 108 cm³/mol. The lowest BCUT2D eigenvalue weighted by Crippen LogP contribution is -2.12. The van der Waals surface area contributed by atoms with Gasteiger partial charge in [-0.15, -0.1) is 0 Å². The van der Waals surface area contributed by atoms with Crippen molar-refractivity contribution in [2.75, 3.05) is 6.61 Å². The van der Waals surface area contributed by atoms with E-state index in [0.29, 0.717) is 5.56 Å². The quantitative estimate of drug-likeness (QED) is 0.232. The number of terminal acetylenes is 1. The highest BCUT2D eigenvalue weighted by molar-refractivity contribution is 7.48. The van der Waals surface area contributed by atoms with E-state index in [9.17, 15) is 14.2 Å². The van der Waals surface area contributed by atoms with Crippen LogP contribution >= 0.6 is 19.4 Å². The number of para-hydroxylation sites is 1. The number of benzene rings is 2. The lowest BCUT2D eigenvalue weighted by Gasteiger charge is -2.15. The summed E-state index contributed by atoms with van der Waals surface area (Å²) in [5.41, 5.74) is 0.498. The van der Waals surface area contributed by atoms with Gasteiger partial charge in [0.1, 0.15) is 23.2 Å². The first-order valence-electron chi connectivity index (χ1n) is 8.59. The van der Waals surface area contributed by atoms with Crippen molar-refractivity contribution in [3.8, 4) is 24.0 Å². The Labute approximate surface area is 178 Å². The van der Waals surface area contributed by atoms with Crippen molar-refractivity contribution in [3.63, 3.8) is 0 Å². The van der Waals surface area contributed by atoms with Gasteiger partial charge in [-0.2, -0.15) is 0 Å². The molecule has 0 saturated heterocycles. The van der Waals surface area contributed by atoms with E-state index in [4.69, 9.17) is 36.5 Å². The van der Waals surface area contributed by atoms with Gasteiger partial charge in [0.05, 0.1) is 13.2 Å². The van der Waals surface area contributed by atoms with Crippen LogP contribution in [0.5, 0.6) is 11.5 Å². The number of ether oxygens (including phenoxy) is 2. The molecular formula is C20H18ClO8P. The molecule has 0 aliphatic rings. The summed E-state index contributed by atoms with van der Waals surface area (Å²) in [5.74, 6) is -1.10. The molecule has 10 heteroatoms. The highest BCUT2D eigenvalue weighted by Gasteiger charge is 2.27. The second kappa shape index (κ2) is 10.8. The van der Waals surface area contributed by atoms with Gasteiger partial charge in [-0.1, -0.05) is 36.2 Å².